The van der Waals surface area contributed by atoms with E-state index in [9.17, 15) is 4.79 Å². The molecule has 1 N–H and O–H groups in total. The first kappa shape index (κ1) is 16.8. The second-order valence-electron chi connectivity index (χ2n) is 6.35. The first-order chi connectivity index (χ1) is 12.2. The Bertz CT molecular complexity index is 868. The summed E-state index contributed by atoms with van der Waals surface area (Å²) < 4.78 is 3.10. The standard InChI is InChI=1S/C18H19BrN4OS/c19-13-3-4-17-20-15(12-23(17)10-13)11-22-7-5-14(6-8-22)21-18(24)16-2-1-9-25-16/h1-4,9-10,12,14H,5-8,11H2,(H,21,24). The topological polar surface area (TPSA) is 49.6 Å². The number of thiophene rings is 1. The highest BCUT2D eigenvalue weighted by molar-refractivity contribution is 9.10. The van der Waals surface area contributed by atoms with Gasteiger partial charge in [0.25, 0.3) is 5.91 Å². The van der Waals surface area contributed by atoms with Gasteiger partial charge in [-0.05, 0) is 52.4 Å². The molecule has 0 saturated carbocycles. The number of nitrogens with zero attached hydrogens (tertiary/aromatic N) is 3. The molecule has 3 aromatic heterocycles. The minimum Gasteiger partial charge on any atom is -0.349 e. The lowest BCUT2D eigenvalue weighted by Crippen LogP contribution is -2.44. The molecule has 130 valence electrons. The number of rotatable bonds is 4. The van der Waals surface area contributed by atoms with Gasteiger partial charge in [-0.3, -0.25) is 9.69 Å². The summed E-state index contributed by atoms with van der Waals surface area (Å²) in [6.07, 6.45) is 6.08. The Morgan fingerprint density at radius 2 is 2.12 bits per heavy atom. The fraction of sp³-hybridized carbons (Fsp3) is 0.333. The van der Waals surface area contributed by atoms with E-state index in [1.807, 2.05) is 40.2 Å². The summed E-state index contributed by atoms with van der Waals surface area (Å²) in [5.41, 5.74) is 2.05. The summed E-state index contributed by atoms with van der Waals surface area (Å²) in [6.45, 7) is 2.81. The normalized spacial score (nSPS) is 16.4. The number of carbonyl (C=O) groups is 1. The van der Waals surface area contributed by atoms with Gasteiger partial charge < -0.3 is 9.72 Å². The van der Waals surface area contributed by atoms with Crippen LogP contribution in [0.4, 0.5) is 0 Å². The van der Waals surface area contributed by atoms with Crippen molar-refractivity contribution < 1.29 is 4.79 Å². The number of amides is 1. The summed E-state index contributed by atoms with van der Waals surface area (Å²) >= 11 is 4.98. The van der Waals surface area contributed by atoms with Crippen molar-refractivity contribution >= 4 is 38.8 Å². The summed E-state index contributed by atoms with van der Waals surface area (Å²) in [4.78, 5) is 20.0. The van der Waals surface area contributed by atoms with E-state index in [0.29, 0.717) is 0 Å². The molecule has 4 rings (SSSR count). The molecule has 5 nitrogen and oxygen atoms in total. The third kappa shape index (κ3) is 3.94. The third-order valence-electron chi connectivity index (χ3n) is 4.52. The smallest absolute Gasteiger partial charge is 0.261 e. The average molecular weight is 419 g/mol. The Kier molecular flexibility index (Phi) is 4.87. The number of hydrogen-bond acceptors (Lipinski definition) is 4. The van der Waals surface area contributed by atoms with Crippen molar-refractivity contribution in [1.82, 2.24) is 19.6 Å². The number of aromatic nitrogens is 2. The fourth-order valence-corrected chi connectivity index (χ4v) is 4.20. The van der Waals surface area contributed by atoms with Crippen LogP contribution in [0.5, 0.6) is 0 Å². The van der Waals surface area contributed by atoms with Crippen LogP contribution in [-0.2, 0) is 6.54 Å². The first-order valence-electron chi connectivity index (χ1n) is 8.37. The van der Waals surface area contributed by atoms with Crippen molar-refractivity contribution in [2.75, 3.05) is 13.1 Å². The highest BCUT2D eigenvalue weighted by atomic mass is 79.9. The Labute approximate surface area is 158 Å². The predicted molar refractivity (Wildman–Crippen MR) is 103 cm³/mol. The van der Waals surface area contributed by atoms with E-state index in [1.165, 1.54) is 11.3 Å². The van der Waals surface area contributed by atoms with E-state index in [0.717, 1.165) is 53.2 Å². The molecule has 3 aromatic rings. The number of likely N-dealkylation sites (tertiary alicyclic amines) is 1. The summed E-state index contributed by atoms with van der Waals surface area (Å²) in [7, 11) is 0. The van der Waals surface area contributed by atoms with E-state index >= 15 is 0 Å². The van der Waals surface area contributed by atoms with Gasteiger partial charge in [0.15, 0.2) is 0 Å². The monoisotopic (exact) mass is 418 g/mol. The summed E-state index contributed by atoms with van der Waals surface area (Å²) in [5.74, 6) is 0.0550. The highest BCUT2D eigenvalue weighted by Crippen LogP contribution is 2.17. The van der Waals surface area contributed by atoms with Gasteiger partial charge in [0.1, 0.15) is 5.65 Å². The van der Waals surface area contributed by atoms with Crippen LogP contribution in [0.25, 0.3) is 5.65 Å². The number of fused-ring (bicyclic) bond motifs is 1. The SMILES string of the molecule is O=C(NC1CCN(Cc2cn3cc(Br)ccc3n2)CC1)c1cccs1. The van der Waals surface area contributed by atoms with Crippen molar-refractivity contribution in [2.24, 2.45) is 0 Å². The van der Waals surface area contributed by atoms with Gasteiger partial charge in [-0.25, -0.2) is 4.98 Å². The number of hydrogen-bond donors (Lipinski definition) is 1. The molecule has 1 saturated heterocycles. The Morgan fingerprint density at radius 3 is 2.88 bits per heavy atom. The van der Waals surface area contributed by atoms with Crippen molar-refractivity contribution in [2.45, 2.75) is 25.4 Å². The van der Waals surface area contributed by atoms with Gasteiger partial charge in [-0.15, -0.1) is 11.3 Å². The zero-order chi connectivity index (χ0) is 17.2. The number of piperidine rings is 1. The number of nitrogens with one attached hydrogen (secondary N) is 1. The van der Waals surface area contributed by atoms with Gasteiger partial charge in [0, 0.05) is 42.5 Å². The number of pyridine rings is 1. The van der Waals surface area contributed by atoms with Crippen LogP contribution in [0.3, 0.4) is 0 Å². The Hall–Kier alpha value is -1.70. The quantitative estimate of drug-likeness (QED) is 0.704. The Balaban J connectivity index is 1.31. The second kappa shape index (κ2) is 7.27. The molecule has 0 unspecified atom stereocenters. The summed E-state index contributed by atoms with van der Waals surface area (Å²) in [5, 5.41) is 5.09. The average Bonchev–Trinajstić information content (AvgIpc) is 3.25. The van der Waals surface area contributed by atoms with E-state index in [2.05, 4.69) is 37.3 Å². The molecule has 0 bridgehead atoms. The molecule has 1 fully saturated rings. The minimum absolute atomic E-state index is 0.0550. The molecule has 0 spiro atoms. The van der Waals surface area contributed by atoms with Crippen LogP contribution < -0.4 is 5.32 Å². The molecule has 25 heavy (non-hydrogen) atoms. The van der Waals surface area contributed by atoms with Crippen LogP contribution in [0, 0.1) is 0 Å². The lowest BCUT2D eigenvalue weighted by Gasteiger charge is -2.31. The van der Waals surface area contributed by atoms with Gasteiger partial charge in [-0.1, -0.05) is 6.07 Å². The third-order valence-corrected chi connectivity index (χ3v) is 5.86. The van der Waals surface area contributed by atoms with Crippen LogP contribution in [0.1, 0.15) is 28.2 Å². The minimum atomic E-state index is 0.0550. The van der Waals surface area contributed by atoms with E-state index in [-0.39, 0.29) is 11.9 Å². The number of carbonyl (C=O) groups excluding carboxylic acids is 1. The zero-order valence-electron chi connectivity index (χ0n) is 13.7. The molecule has 1 aliphatic rings. The van der Waals surface area contributed by atoms with Crippen LogP contribution >= 0.6 is 27.3 Å². The molecule has 1 aliphatic heterocycles. The van der Waals surface area contributed by atoms with Crippen molar-refractivity contribution in [3.8, 4) is 0 Å². The van der Waals surface area contributed by atoms with Crippen molar-refractivity contribution in [1.29, 1.82) is 0 Å². The highest BCUT2D eigenvalue weighted by Gasteiger charge is 2.22. The maximum atomic E-state index is 12.1. The maximum Gasteiger partial charge on any atom is 0.261 e. The van der Waals surface area contributed by atoms with E-state index in [1.54, 1.807) is 0 Å². The summed E-state index contributed by atoms with van der Waals surface area (Å²) in [6, 6.07) is 8.07. The molecule has 0 aliphatic carbocycles. The molecular weight excluding hydrogens is 400 g/mol. The van der Waals surface area contributed by atoms with Gasteiger partial charge >= 0.3 is 0 Å². The lowest BCUT2D eigenvalue weighted by atomic mass is 10.0. The molecule has 7 heteroatoms. The van der Waals surface area contributed by atoms with Crippen LogP contribution in [-0.4, -0.2) is 39.3 Å². The first-order valence-corrected chi connectivity index (χ1v) is 10.0. The lowest BCUT2D eigenvalue weighted by molar-refractivity contribution is 0.0912. The molecule has 1 amide bonds. The predicted octanol–water partition coefficient (Wildman–Crippen LogP) is 3.55. The molecule has 0 aromatic carbocycles. The molecular formula is C18H19BrN4OS. The maximum absolute atomic E-state index is 12.1. The van der Waals surface area contributed by atoms with E-state index < -0.39 is 0 Å². The van der Waals surface area contributed by atoms with E-state index in [4.69, 9.17) is 0 Å². The number of halogens is 1. The largest absolute Gasteiger partial charge is 0.349 e. The second-order valence-corrected chi connectivity index (χ2v) is 8.21. The van der Waals surface area contributed by atoms with Gasteiger partial charge in [0.05, 0.1) is 10.6 Å². The van der Waals surface area contributed by atoms with Crippen LogP contribution in [0.15, 0.2) is 46.5 Å². The Morgan fingerprint density at radius 1 is 1.28 bits per heavy atom. The van der Waals surface area contributed by atoms with Crippen molar-refractivity contribution in [3.63, 3.8) is 0 Å². The fourth-order valence-electron chi connectivity index (χ4n) is 3.22. The molecule has 0 atom stereocenters. The molecule has 0 radical (unpaired) electrons. The zero-order valence-corrected chi connectivity index (χ0v) is 16.1. The molecule has 4 heterocycles. The number of imidazole rings is 1. The van der Waals surface area contributed by atoms with Crippen LogP contribution in [0.2, 0.25) is 0 Å². The van der Waals surface area contributed by atoms with Gasteiger partial charge in [0.2, 0.25) is 0 Å². The van der Waals surface area contributed by atoms with Crippen molar-refractivity contribution in [3.05, 3.63) is 57.1 Å². The van der Waals surface area contributed by atoms with Gasteiger partial charge in [-0.2, -0.15) is 0 Å².